The zero-order valence-corrected chi connectivity index (χ0v) is 11.9. The fourth-order valence-corrected chi connectivity index (χ4v) is 2.32. The Kier molecular flexibility index (Phi) is 4.53. The Morgan fingerprint density at radius 2 is 1.74 bits per heavy atom. The third-order valence-corrected chi connectivity index (χ3v) is 3.31. The van der Waals surface area contributed by atoms with Gasteiger partial charge >= 0.3 is 0 Å². The Balaban J connectivity index is 2.22. The maximum absolute atomic E-state index is 5.89. The molecular formula is C15H18ClN3. The number of aryl methyl sites for hydroxylation is 2. The Labute approximate surface area is 118 Å². The van der Waals surface area contributed by atoms with E-state index in [1.165, 1.54) is 5.56 Å². The van der Waals surface area contributed by atoms with Gasteiger partial charge in [-0.25, -0.2) is 0 Å². The topological polar surface area (TPSA) is 50.9 Å². The lowest BCUT2D eigenvalue weighted by Crippen LogP contribution is -2.29. The van der Waals surface area contributed by atoms with E-state index in [0.717, 1.165) is 28.4 Å². The molecule has 0 saturated heterocycles. The molecule has 0 radical (unpaired) electrons. The van der Waals surface area contributed by atoms with Crippen LogP contribution in [0.5, 0.6) is 0 Å². The smallest absolute Gasteiger partial charge is 0.0501 e. The molecule has 1 atom stereocenters. The summed E-state index contributed by atoms with van der Waals surface area (Å²) >= 11 is 5.89. The summed E-state index contributed by atoms with van der Waals surface area (Å²) < 4.78 is 0. The van der Waals surface area contributed by atoms with Gasteiger partial charge in [-0.1, -0.05) is 23.7 Å². The number of hydrogen-bond acceptors (Lipinski definition) is 3. The first-order valence-corrected chi connectivity index (χ1v) is 6.62. The molecule has 0 spiro atoms. The summed E-state index contributed by atoms with van der Waals surface area (Å²) in [5.41, 5.74) is 7.24. The highest BCUT2D eigenvalue weighted by Gasteiger charge is 2.11. The first-order chi connectivity index (χ1) is 9.08. The summed E-state index contributed by atoms with van der Waals surface area (Å²) in [5, 5.41) is 0.747. The minimum atomic E-state index is 0.0709. The van der Waals surface area contributed by atoms with E-state index in [9.17, 15) is 0 Å². The van der Waals surface area contributed by atoms with Crippen LogP contribution < -0.4 is 11.3 Å². The van der Waals surface area contributed by atoms with Gasteiger partial charge in [-0.2, -0.15) is 0 Å². The van der Waals surface area contributed by atoms with Crippen molar-refractivity contribution in [3.63, 3.8) is 0 Å². The minimum Gasteiger partial charge on any atom is -0.271 e. The monoisotopic (exact) mass is 275 g/mol. The number of nitrogens with zero attached hydrogens (tertiary/aromatic N) is 1. The van der Waals surface area contributed by atoms with Crippen molar-refractivity contribution >= 4 is 11.6 Å². The van der Waals surface area contributed by atoms with E-state index in [1.807, 2.05) is 38.1 Å². The molecule has 2 rings (SSSR count). The highest BCUT2D eigenvalue weighted by Crippen LogP contribution is 2.20. The van der Waals surface area contributed by atoms with E-state index < -0.39 is 0 Å². The molecule has 0 saturated carbocycles. The fraction of sp³-hybridized carbons (Fsp3) is 0.267. The molecule has 0 aliphatic heterocycles. The molecule has 1 aromatic heterocycles. The van der Waals surface area contributed by atoms with Crippen molar-refractivity contribution in [2.45, 2.75) is 26.3 Å². The van der Waals surface area contributed by atoms with Crippen LogP contribution in [0.2, 0.25) is 5.02 Å². The summed E-state index contributed by atoms with van der Waals surface area (Å²) in [6.45, 7) is 3.98. The predicted molar refractivity (Wildman–Crippen MR) is 78.9 cm³/mol. The molecule has 2 aromatic rings. The molecular weight excluding hydrogens is 258 g/mol. The third kappa shape index (κ3) is 3.77. The van der Waals surface area contributed by atoms with E-state index in [1.54, 1.807) is 0 Å². The van der Waals surface area contributed by atoms with Crippen LogP contribution in [-0.4, -0.2) is 4.98 Å². The molecule has 4 heteroatoms. The van der Waals surface area contributed by atoms with Crippen molar-refractivity contribution in [3.05, 3.63) is 63.9 Å². The molecule has 1 aromatic carbocycles. The standard InChI is InChI=1S/C15H18ClN3/c1-10-7-13(8-11(2)18-10)15(19-17)9-12-3-5-14(16)6-4-12/h3-8,15,19H,9,17H2,1-2H3. The van der Waals surface area contributed by atoms with Gasteiger partial charge in [-0.05, 0) is 55.7 Å². The lowest BCUT2D eigenvalue weighted by molar-refractivity contribution is 0.550. The molecule has 1 heterocycles. The number of halogens is 1. The number of nitrogens with two attached hydrogens (primary N) is 1. The van der Waals surface area contributed by atoms with Gasteiger partial charge in [-0.3, -0.25) is 16.3 Å². The molecule has 3 N–H and O–H groups in total. The highest BCUT2D eigenvalue weighted by molar-refractivity contribution is 6.30. The maximum atomic E-state index is 5.89. The van der Waals surface area contributed by atoms with Crippen LogP contribution in [0.1, 0.15) is 28.6 Å². The molecule has 0 aliphatic carbocycles. The number of pyridine rings is 1. The normalized spacial score (nSPS) is 12.4. The van der Waals surface area contributed by atoms with Gasteiger partial charge in [0.05, 0.1) is 6.04 Å². The van der Waals surface area contributed by atoms with Gasteiger partial charge < -0.3 is 0 Å². The van der Waals surface area contributed by atoms with Crippen molar-refractivity contribution in [1.29, 1.82) is 0 Å². The van der Waals surface area contributed by atoms with E-state index in [-0.39, 0.29) is 6.04 Å². The molecule has 3 nitrogen and oxygen atoms in total. The van der Waals surface area contributed by atoms with Gasteiger partial charge in [0.2, 0.25) is 0 Å². The predicted octanol–water partition coefficient (Wildman–Crippen LogP) is 3.10. The van der Waals surface area contributed by atoms with Crippen molar-refractivity contribution in [2.24, 2.45) is 5.84 Å². The van der Waals surface area contributed by atoms with Gasteiger partial charge in [0, 0.05) is 16.4 Å². The summed E-state index contributed by atoms with van der Waals surface area (Å²) in [4.78, 5) is 4.38. The number of hydrogen-bond donors (Lipinski definition) is 2. The average Bonchev–Trinajstić information content (AvgIpc) is 2.37. The van der Waals surface area contributed by atoms with Crippen LogP contribution in [0.4, 0.5) is 0 Å². The second kappa shape index (κ2) is 6.15. The Morgan fingerprint density at radius 1 is 1.16 bits per heavy atom. The van der Waals surface area contributed by atoms with Crippen LogP contribution in [0.3, 0.4) is 0 Å². The Morgan fingerprint density at radius 3 is 2.26 bits per heavy atom. The molecule has 19 heavy (non-hydrogen) atoms. The molecule has 1 unspecified atom stereocenters. The molecule has 100 valence electrons. The Hall–Kier alpha value is -1.42. The SMILES string of the molecule is Cc1cc(C(Cc2ccc(Cl)cc2)NN)cc(C)n1. The van der Waals surface area contributed by atoms with Crippen LogP contribution in [0.15, 0.2) is 36.4 Å². The van der Waals surface area contributed by atoms with Gasteiger partial charge in [0.15, 0.2) is 0 Å². The molecule has 0 aliphatic rings. The zero-order chi connectivity index (χ0) is 13.8. The van der Waals surface area contributed by atoms with Gasteiger partial charge in [0.1, 0.15) is 0 Å². The Bertz CT molecular complexity index is 532. The summed E-state index contributed by atoms with van der Waals surface area (Å²) in [6, 6.07) is 12.0. The summed E-state index contributed by atoms with van der Waals surface area (Å²) in [6.07, 6.45) is 0.816. The lowest BCUT2D eigenvalue weighted by atomic mass is 9.99. The molecule has 0 bridgehead atoms. The minimum absolute atomic E-state index is 0.0709. The largest absolute Gasteiger partial charge is 0.271 e. The third-order valence-electron chi connectivity index (χ3n) is 3.06. The average molecular weight is 276 g/mol. The van der Waals surface area contributed by atoms with Crippen LogP contribution in [-0.2, 0) is 6.42 Å². The number of aromatic nitrogens is 1. The first-order valence-electron chi connectivity index (χ1n) is 6.24. The zero-order valence-electron chi connectivity index (χ0n) is 11.2. The van der Waals surface area contributed by atoms with Crippen LogP contribution in [0.25, 0.3) is 0 Å². The lowest BCUT2D eigenvalue weighted by Gasteiger charge is -2.17. The summed E-state index contributed by atoms with van der Waals surface area (Å²) in [7, 11) is 0. The van der Waals surface area contributed by atoms with Crippen molar-refractivity contribution in [2.75, 3.05) is 0 Å². The van der Waals surface area contributed by atoms with E-state index in [4.69, 9.17) is 17.4 Å². The van der Waals surface area contributed by atoms with Crippen molar-refractivity contribution in [3.8, 4) is 0 Å². The second-order valence-electron chi connectivity index (χ2n) is 4.73. The van der Waals surface area contributed by atoms with Gasteiger partial charge in [0.25, 0.3) is 0 Å². The first kappa shape index (κ1) is 14.0. The molecule has 0 fully saturated rings. The number of hydrazine groups is 1. The fourth-order valence-electron chi connectivity index (χ4n) is 2.20. The van der Waals surface area contributed by atoms with Crippen LogP contribution >= 0.6 is 11.6 Å². The van der Waals surface area contributed by atoms with E-state index in [0.29, 0.717) is 0 Å². The quantitative estimate of drug-likeness (QED) is 0.666. The summed E-state index contributed by atoms with van der Waals surface area (Å²) in [5.74, 6) is 5.69. The van der Waals surface area contributed by atoms with E-state index in [2.05, 4.69) is 22.5 Å². The molecule has 0 amide bonds. The van der Waals surface area contributed by atoms with Gasteiger partial charge in [-0.15, -0.1) is 0 Å². The highest BCUT2D eigenvalue weighted by atomic mass is 35.5. The number of nitrogens with one attached hydrogen (secondary N) is 1. The number of rotatable bonds is 4. The van der Waals surface area contributed by atoms with Crippen molar-refractivity contribution in [1.82, 2.24) is 10.4 Å². The maximum Gasteiger partial charge on any atom is 0.0501 e. The number of benzene rings is 1. The van der Waals surface area contributed by atoms with Crippen molar-refractivity contribution < 1.29 is 0 Å². The van der Waals surface area contributed by atoms with Crippen LogP contribution in [0, 0.1) is 13.8 Å². The van der Waals surface area contributed by atoms with E-state index >= 15 is 0 Å². The second-order valence-corrected chi connectivity index (χ2v) is 5.17.